The Kier molecular flexibility index (Phi) is 3.44. The van der Waals surface area contributed by atoms with Gasteiger partial charge in [0.2, 0.25) is 0 Å². The molecule has 1 aromatic heterocycles. The minimum absolute atomic E-state index is 0.0693. The van der Waals surface area contributed by atoms with Crippen LogP contribution >= 0.6 is 0 Å². The molecule has 1 saturated carbocycles. The summed E-state index contributed by atoms with van der Waals surface area (Å²) >= 11 is 0. The molecule has 3 heterocycles. The number of para-hydroxylation sites is 1. The molecule has 2 aliphatic heterocycles. The van der Waals surface area contributed by atoms with Crippen molar-refractivity contribution < 1.29 is 15.0 Å². The van der Waals surface area contributed by atoms with Gasteiger partial charge in [0.05, 0.1) is 18.1 Å². The van der Waals surface area contributed by atoms with Crippen LogP contribution in [-0.2, 0) is 11.2 Å². The number of benzene rings is 1. The first kappa shape index (κ1) is 15.4. The van der Waals surface area contributed by atoms with E-state index in [1.54, 1.807) is 0 Å². The summed E-state index contributed by atoms with van der Waals surface area (Å²) in [6, 6.07) is 8.68. The minimum Gasteiger partial charge on any atom is -0.481 e. The quantitative estimate of drug-likeness (QED) is 0.746. The van der Waals surface area contributed by atoms with Gasteiger partial charge in [-0.3, -0.25) is 9.69 Å². The molecular formula is C20H24N2O3. The number of aliphatic carboxylic acids is 1. The van der Waals surface area contributed by atoms with Gasteiger partial charge in [-0.2, -0.15) is 0 Å². The van der Waals surface area contributed by atoms with Crippen molar-refractivity contribution in [3.8, 4) is 0 Å². The fraction of sp³-hybridized carbons (Fsp3) is 0.550. The van der Waals surface area contributed by atoms with Crippen molar-refractivity contribution in [3.05, 3.63) is 35.5 Å². The Balaban J connectivity index is 1.54. The molecule has 5 heteroatoms. The predicted octanol–water partition coefficient (Wildman–Crippen LogP) is 2.56. The zero-order chi connectivity index (χ0) is 17.1. The molecule has 0 radical (unpaired) electrons. The van der Waals surface area contributed by atoms with Crippen molar-refractivity contribution in [1.82, 2.24) is 9.88 Å². The van der Waals surface area contributed by atoms with Gasteiger partial charge in [-0.1, -0.05) is 18.2 Å². The number of aliphatic hydroxyl groups is 1. The molecule has 2 fully saturated rings. The van der Waals surface area contributed by atoms with E-state index in [2.05, 4.69) is 34.1 Å². The summed E-state index contributed by atoms with van der Waals surface area (Å²) in [4.78, 5) is 17.9. The average Bonchev–Trinajstić information content (AvgIpc) is 2.99. The van der Waals surface area contributed by atoms with Crippen LogP contribution in [0.1, 0.15) is 36.6 Å². The van der Waals surface area contributed by atoms with Crippen LogP contribution in [0.2, 0.25) is 0 Å². The average molecular weight is 340 g/mol. The Morgan fingerprint density at radius 1 is 1.24 bits per heavy atom. The van der Waals surface area contributed by atoms with Crippen LogP contribution < -0.4 is 0 Å². The Hall–Kier alpha value is -1.85. The lowest BCUT2D eigenvalue weighted by molar-refractivity contribution is -0.156. The highest BCUT2D eigenvalue weighted by atomic mass is 16.4. The molecular weight excluding hydrogens is 316 g/mol. The summed E-state index contributed by atoms with van der Waals surface area (Å²) < 4.78 is 0. The molecule has 5 atom stereocenters. The summed E-state index contributed by atoms with van der Waals surface area (Å²) in [6.45, 7) is 2.00. The van der Waals surface area contributed by atoms with E-state index < -0.39 is 18.0 Å². The molecule has 0 amide bonds. The number of fused-ring (bicyclic) bond motifs is 6. The lowest BCUT2D eigenvalue weighted by Crippen LogP contribution is -2.53. The SMILES string of the molecule is O=C(O)[C@H]1[C@H]2C[C@@H]3c4[nH]c5ccccc5c4CCN3C[C@H]2CC[C@@H]1O. The number of aromatic amines is 1. The van der Waals surface area contributed by atoms with Crippen LogP contribution in [0.15, 0.2) is 24.3 Å². The number of nitrogens with one attached hydrogen (secondary N) is 1. The molecule has 0 unspecified atom stereocenters. The maximum Gasteiger partial charge on any atom is 0.309 e. The number of aliphatic hydroxyl groups excluding tert-OH is 1. The van der Waals surface area contributed by atoms with E-state index in [1.165, 1.54) is 22.2 Å². The van der Waals surface area contributed by atoms with Crippen LogP contribution in [0.3, 0.4) is 0 Å². The smallest absolute Gasteiger partial charge is 0.309 e. The zero-order valence-corrected chi connectivity index (χ0v) is 14.2. The van der Waals surface area contributed by atoms with Crippen molar-refractivity contribution in [2.75, 3.05) is 13.1 Å². The number of rotatable bonds is 1. The summed E-state index contributed by atoms with van der Waals surface area (Å²) in [5, 5.41) is 21.3. The van der Waals surface area contributed by atoms with Gasteiger partial charge < -0.3 is 15.2 Å². The van der Waals surface area contributed by atoms with E-state index in [9.17, 15) is 15.0 Å². The Morgan fingerprint density at radius 2 is 2.08 bits per heavy atom. The van der Waals surface area contributed by atoms with Crippen LogP contribution in [0.5, 0.6) is 0 Å². The normalized spacial score (nSPS) is 35.0. The number of aromatic nitrogens is 1. The highest BCUT2D eigenvalue weighted by molar-refractivity contribution is 5.85. The van der Waals surface area contributed by atoms with Crippen molar-refractivity contribution in [2.24, 2.45) is 17.8 Å². The van der Waals surface area contributed by atoms with E-state index in [-0.39, 0.29) is 12.0 Å². The molecule has 25 heavy (non-hydrogen) atoms. The third-order valence-corrected chi connectivity index (χ3v) is 6.83. The van der Waals surface area contributed by atoms with Gasteiger partial charge in [0.25, 0.3) is 0 Å². The summed E-state index contributed by atoms with van der Waals surface area (Å²) in [7, 11) is 0. The van der Waals surface area contributed by atoms with Crippen LogP contribution in [0.4, 0.5) is 0 Å². The zero-order valence-electron chi connectivity index (χ0n) is 14.2. The third-order valence-electron chi connectivity index (χ3n) is 6.83. The Bertz CT molecular complexity index is 829. The number of hydrogen-bond acceptors (Lipinski definition) is 3. The number of nitrogens with zero attached hydrogens (tertiary/aromatic N) is 1. The van der Waals surface area contributed by atoms with E-state index in [0.29, 0.717) is 12.3 Å². The maximum absolute atomic E-state index is 11.8. The second-order valence-corrected chi connectivity index (χ2v) is 7.99. The molecule has 0 spiro atoms. The van der Waals surface area contributed by atoms with Crippen LogP contribution in [0, 0.1) is 17.8 Å². The molecule has 1 saturated heterocycles. The monoisotopic (exact) mass is 340 g/mol. The lowest BCUT2D eigenvalue weighted by atomic mass is 9.65. The molecule has 5 nitrogen and oxygen atoms in total. The Labute approximate surface area is 146 Å². The number of piperidine rings is 1. The fourth-order valence-electron chi connectivity index (χ4n) is 5.68. The van der Waals surface area contributed by atoms with Crippen LogP contribution in [-0.4, -0.2) is 45.3 Å². The standard InChI is InChI=1S/C20H24N2O3/c23-17-6-5-11-10-22-8-7-13-12-3-1-2-4-15(12)21-19(13)16(22)9-14(11)18(17)20(24)25/h1-4,11,14,16-18,21,23H,5-10H2,(H,24,25)/t11-,14+,16-,17+,18+/m1/s1. The molecule has 3 aliphatic rings. The summed E-state index contributed by atoms with van der Waals surface area (Å²) in [6.07, 6.45) is 2.75. The molecule has 1 aromatic carbocycles. The molecule has 5 rings (SSSR count). The van der Waals surface area contributed by atoms with Gasteiger partial charge in [0.1, 0.15) is 0 Å². The molecule has 1 aliphatic carbocycles. The number of carboxylic acid groups (broad SMARTS) is 1. The number of carboxylic acids is 1. The largest absolute Gasteiger partial charge is 0.481 e. The minimum atomic E-state index is -0.830. The molecule has 2 aromatic rings. The molecule has 3 N–H and O–H groups in total. The summed E-state index contributed by atoms with van der Waals surface area (Å²) in [5.74, 6) is -0.981. The highest BCUT2D eigenvalue weighted by Crippen LogP contribution is 2.49. The number of H-pyrrole nitrogens is 1. The van der Waals surface area contributed by atoms with Gasteiger partial charge in [-0.15, -0.1) is 0 Å². The van der Waals surface area contributed by atoms with Crippen molar-refractivity contribution in [3.63, 3.8) is 0 Å². The Morgan fingerprint density at radius 3 is 2.92 bits per heavy atom. The summed E-state index contributed by atoms with van der Waals surface area (Å²) in [5.41, 5.74) is 3.85. The second-order valence-electron chi connectivity index (χ2n) is 7.99. The topological polar surface area (TPSA) is 76.6 Å². The van der Waals surface area contributed by atoms with Gasteiger partial charge >= 0.3 is 5.97 Å². The first-order valence-corrected chi connectivity index (χ1v) is 9.38. The van der Waals surface area contributed by atoms with Crippen molar-refractivity contribution in [2.45, 2.75) is 37.8 Å². The third kappa shape index (κ3) is 2.26. The lowest BCUT2D eigenvalue weighted by Gasteiger charge is -2.50. The van der Waals surface area contributed by atoms with E-state index in [0.717, 1.165) is 32.4 Å². The van der Waals surface area contributed by atoms with Gasteiger partial charge in [0.15, 0.2) is 0 Å². The fourth-order valence-corrected chi connectivity index (χ4v) is 5.68. The first-order chi connectivity index (χ1) is 12.1. The van der Waals surface area contributed by atoms with Crippen LogP contribution in [0.25, 0.3) is 10.9 Å². The number of carbonyl (C=O) groups is 1. The van der Waals surface area contributed by atoms with Crippen molar-refractivity contribution in [1.29, 1.82) is 0 Å². The van der Waals surface area contributed by atoms with Gasteiger partial charge in [-0.25, -0.2) is 0 Å². The first-order valence-electron chi connectivity index (χ1n) is 9.38. The maximum atomic E-state index is 11.8. The van der Waals surface area contributed by atoms with Gasteiger partial charge in [-0.05, 0) is 49.1 Å². The van der Waals surface area contributed by atoms with E-state index in [4.69, 9.17) is 0 Å². The van der Waals surface area contributed by atoms with E-state index in [1.807, 2.05) is 0 Å². The van der Waals surface area contributed by atoms with Gasteiger partial charge in [0, 0.05) is 29.7 Å². The molecule has 132 valence electrons. The highest BCUT2D eigenvalue weighted by Gasteiger charge is 2.49. The number of hydrogen-bond donors (Lipinski definition) is 3. The molecule has 0 bridgehead atoms. The second kappa shape index (κ2) is 5.58. The predicted molar refractivity (Wildman–Crippen MR) is 94.3 cm³/mol. The van der Waals surface area contributed by atoms with Crippen molar-refractivity contribution >= 4 is 16.9 Å². The van der Waals surface area contributed by atoms with E-state index >= 15 is 0 Å².